The summed E-state index contributed by atoms with van der Waals surface area (Å²) in [6, 6.07) is 7.02. The third-order valence-electron chi connectivity index (χ3n) is 4.30. The smallest absolute Gasteiger partial charge is 0.216 e. The molecule has 0 radical (unpaired) electrons. The van der Waals surface area contributed by atoms with Crippen LogP contribution < -0.4 is 4.57 Å². The van der Waals surface area contributed by atoms with Crippen LogP contribution in [0.2, 0.25) is 0 Å². The van der Waals surface area contributed by atoms with Crippen molar-refractivity contribution in [1.29, 1.82) is 0 Å². The lowest BCUT2D eigenvalue weighted by Crippen LogP contribution is -2.31. The maximum absolute atomic E-state index is 14.6. The van der Waals surface area contributed by atoms with Gasteiger partial charge in [0.25, 0.3) is 0 Å². The van der Waals surface area contributed by atoms with Crippen LogP contribution in [-0.4, -0.2) is 4.98 Å². The predicted molar refractivity (Wildman–Crippen MR) is 99.4 cm³/mol. The van der Waals surface area contributed by atoms with Crippen LogP contribution in [0.3, 0.4) is 0 Å². The zero-order valence-electron chi connectivity index (χ0n) is 16.6. The fourth-order valence-corrected chi connectivity index (χ4v) is 4.30. The van der Waals surface area contributed by atoms with Crippen molar-refractivity contribution in [1.82, 2.24) is 4.98 Å². The highest BCUT2D eigenvalue weighted by atomic mass is 32.1. The molecular weight excluding hydrogens is 333 g/mol. The van der Waals surface area contributed by atoms with Gasteiger partial charge >= 0.3 is 0 Å². The Bertz CT molecular complexity index is 1300. The number of aromatic nitrogens is 2. The molecule has 3 aromatic heterocycles. The van der Waals surface area contributed by atoms with E-state index in [4.69, 9.17) is 10.7 Å². The van der Waals surface area contributed by atoms with Crippen molar-refractivity contribution in [2.24, 2.45) is 7.05 Å². The summed E-state index contributed by atoms with van der Waals surface area (Å²) in [6.07, 6.45) is 2.88. The average Bonchev–Trinajstić information content (AvgIpc) is 3.00. The van der Waals surface area contributed by atoms with Gasteiger partial charge in [-0.25, -0.2) is 13.8 Å². The van der Waals surface area contributed by atoms with E-state index in [2.05, 4.69) is 9.83 Å². The molecule has 0 amide bonds. The van der Waals surface area contributed by atoms with Crippen LogP contribution in [0.25, 0.3) is 36.4 Å². The van der Waals surface area contributed by atoms with E-state index in [9.17, 15) is 4.39 Å². The number of thiophene rings is 1. The molecule has 0 aliphatic carbocycles. The van der Waals surface area contributed by atoms with E-state index in [1.807, 2.05) is 25.1 Å². The van der Waals surface area contributed by atoms with Crippen LogP contribution in [0.4, 0.5) is 10.1 Å². The monoisotopic (exact) mass is 351 g/mol. The Morgan fingerprint density at radius 1 is 1.28 bits per heavy atom. The summed E-state index contributed by atoms with van der Waals surface area (Å²) in [5.74, 6) is -0.751. The Morgan fingerprint density at radius 3 is 2.88 bits per heavy atom. The zero-order chi connectivity index (χ0) is 20.2. The molecule has 4 aromatic rings. The highest BCUT2D eigenvalue weighted by molar-refractivity contribution is 7.26. The Hall–Kier alpha value is -2.84. The number of benzene rings is 1. The molecule has 0 saturated heterocycles. The molecule has 0 unspecified atom stereocenters. The van der Waals surface area contributed by atoms with Gasteiger partial charge < -0.3 is 0 Å². The Morgan fingerprint density at radius 2 is 2.12 bits per heavy atom. The second-order valence-electron chi connectivity index (χ2n) is 5.93. The molecule has 0 aliphatic rings. The summed E-state index contributed by atoms with van der Waals surface area (Å²) in [7, 11) is 1.71. The van der Waals surface area contributed by atoms with E-state index in [-0.39, 0.29) is 5.56 Å². The second kappa shape index (κ2) is 5.61. The average molecular weight is 351 g/mol. The number of rotatable bonds is 1. The van der Waals surface area contributed by atoms with Gasteiger partial charge in [-0.1, -0.05) is 12.1 Å². The molecular formula is C20H15FN3S+. The standard InChI is InChI=1S/C20H15FN3S/c1-11-5-6-14-15-7-13(22-3)9-23-20(15)25-19(14)18(11)17-8-16(21)12(2)10-24(17)4/h5-10H,1-2,4H3/q+1/i2D3. The van der Waals surface area contributed by atoms with Gasteiger partial charge in [0.15, 0.2) is 6.20 Å². The fourth-order valence-electron chi connectivity index (χ4n) is 3.06. The molecule has 0 atom stereocenters. The zero-order valence-corrected chi connectivity index (χ0v) is 14.4. The number of fused-ring (bicyclic) bond motifs is 3. The van der Waals surface area contributed by atoms with Crippen molar-refractivity contribution < 1.29 is 13.1 Å². The molecule has 1 aromatic carbocycles. The van der Waals surface area contributed by atoms with Crippen molar-refractivity contribution in [3.05, 3.63) is 65.0 Å². The van der Waals surface area contributed by atoms with Gasteiger partial charge in [0, 0.05) is 32.7 Å². The fraction of sp³-hybridized carbons (Fsp3) is 0.150. The van der Waals surface area contributed by atoms with Gasteiger partial charge in [-0.3, -0.25) is 4.98 Å². The van der Waals surface area contributed by atoms with Gasteiger partial charge in [0.05, 0.1) is 16.8 Å². The Labute approximate surface area is 153 Å². The molecule has 0 bridgehead atoms. The van der Waals surface area contributed by atoms with E-state index in [0.29, 0.717) is 11.4 Å². The van der Waals surface area contributed by atoms with E-state index < -0.39 is 12.7 Å². The first-order valence-corrected chi connectivity index (χ1v) is 8.41. The Kier molecular flexibility index (Phi) is 2.81. The lowest BCUT2D eigenvalue weighted by atomic mass is 10.0. The number of pyridine rings is 2. The van der Waals surface area contributed by atoms with Crippen LogP contribution in [0.5, 0.6) is 0 Å². The first-order chi connectivity index (χ1) is 13.2. The predicted octanol–water partition coefficient (Wildman–Crippen LogP) is 5.25. The van der Waals surface area contributed by atoms with Crippen molar-refractivity contribution >= 4 is 37.3 Å². The maximum atomic E-state index is 14.6. The maximum Gasteiger partial charge on any atom is 0.216 e. The highest BCUT2D eigenvalue weighted by Gasteiger charge is 2.21. The quantitative estimate of drug-likeness (QED) is 0.339. The number of hydrogen-bond acceptors (Lipinski definition) is 2. The summed E-state index contributed by atoms with van der Waals surface area (Å²) in [6.45, 7) is 6.63. The van der Waals surface area contributed by atoms with Crippen LogP contribution in [-0.2, 0) is 7.05 Å². The lowest BCUT2D eigenvalue weighted by molar-refractivity contribution is -0.660. The number of aryl methyl sites for hydroxylation is 3. The molecule has 0 spiro atoms. The first-order valence-electron chi connectivity index (χ1n) is 9.10. The van der Waals surface area contributed by atoms with Crippen molar-refractivity contribution in [2.75, 3.05) is 0 Å². The number of hydrogen-bond donors (Lipinski definition) is 0. The SMILES string of the molecule is [2H]C([2H])([2H])c1c[n+](C)c(-c2c(C)ccc3c2sc2ncc([N+]#[C-])cc23)cc1F. The van der Waals surface area contributed by atoms with Crippen molar-refractivity contribution in [3.63, 3.8) is 0 Å². The number of halogens is 1. The molecule has 0 aliphatic heterocycles. The normalized spacial score (nSPS) is 13.4. The summed E-state index contributed by atoms with van der Waals surface area (Å²) in [5, 5.41) is 1.83. The third kappa shape index (κ3) is 2.38. The largest absolute Gasteiger partial charge is 0.257 e. The molecule has 25 heavy (non-hydrogen) atoms. The van der Waals surface area contributed by atoms with Crippen molar-refractivity contribution in [3.8, 4) is 11.3 Å². The van der Waals surface area contributed by atoms with Crippen LogP contribution in [0.15, 0.2) is 36.7 Å². The minimum atomic E-state index is -2.51. The van der Waals surface area contributed by atoms with Gasteiger partial charge in [-0.2, -0.15) is 0 Å². The minimum absolute atomic E-state index is 0.303. The van der Waals surface area contributed by atoms with Crippen LogP contribution >= 0.6 is 11.3 Å². The minimum Gasteiger partial charge on any atom is -0.257 e. The molecule has 4 rings (SSSR count). The molecule has 3 nitrogen and oxygen atoms in total. The van der Waals surface area contributed by atoms with Gasteiger partial charge in [0.1, 0.15) is 17.7 Å². The van der Waals surface area contributed by atoms with E-state index in [0.717, 1.165) is 31.4 Å². The summed E-state index contributed by atoms with van der Waals surface area (Å²) < 4.78 is 39.8. The van der Waals surface area contributed by atoms with Crippen LogP contribution in [0, 0.1) is 26.2 Å². The summed E-state index contributed by atoms with van der Waals surface area (Å²) in [4.78, 5) is 8.64. The van der Waals surface area contributed by atoms with Gasteiger partial charge in [0.2, 0.25) is 11.4 Å². The highest BCUT2D eigenvalue weighted by Crippen LogP contribution is 2.41. The van der Waals surface area contributed by atoms with E-state index in [1.165, 1.54) is 23.6 Å². The summed E-state index contributed by atoms with van der Waals surface area (Å²) >= 11 is 1.48. The molecule has 0 saturated carbocycles. The first kappa shape index (κ1) is 12.5. The van der Waals surface area contributed by atoms with Crippen LogP contribution in [0.1, 0.15) is 15.2 Å². The topological polar surface area (TPSA) is 21.1 Å². The lowest BCUT2D eigenvalue weighted by Gasteiger charge is -2.07. The second-order valence-corrected chi connectivity index (χ2v) is 6.92. The Balaban J connectivity index is 2.06. The summed E-state index contributed by atoms with van der Waals surface area (Å²) in [5.41, 5.74) is 2.53. The number of nitrogens with zero attached hydrogens (tertiary/aromatic N) is 3. The van der Waals surface area contributed by atoms with E-state index >= 15 is 0 Å². The molecule has 122 valence electrons. The van der Waals surface area contributed by atoms with Crippen molar-refractivity contribution in [2.45, 2.75) is 13.8 Å². The van der Waals surface area contributed by atoms with Gasteiger partial charge in [-0.15, -0.1) is 11.3 Å². The van der Waals surface area contributed by atoms with E-state index in [1.54, 1.807) is 17.8 Å². The third-order valence-corrected chi connectivity index (χ3v) is 5.45. The molecule has 5 heteroatoms. The molecule has 0 fully saturated rings. The molecule has 0 N–H and O–H groups in total. The van der Waals surface area contributed by atoms with Gasteiger partial charge in [-0.05, 0) is 25.4 Å². The molecule has 3 heterocycles.